The lowest BCUT2D eigenvalue weighted by molar-refractivity contribution is 0.209. The van der Waals surface area contributed by atoms with Gasteiger partial charge in [0.2, 0.25) is 0 Å². The molecule has 1 aromatic heterocycles. The Kier molecular flexibility index (Phi) is 2.56. The summed E-state index contributed by atoms with van der Waals surface area (Å²) in [7, 11) is 0. The number of nitrogens with one attached hydrogen (secondary N) is 1. The average Bonchev–Trinajstić information content (AvgIpc) is 2.32. The fraction of sp³-hybridized carbons (Fsp3) is 0.500. The second-order valence-electron chi connectivity index (χ2n) is 3.72. The Balaban J connectivity index is 2.81. The van der Waals surface area contributed by atoms with Crippen molar-refractivity contribution in [2.75, 3.05) is 5.32 Å². The first-order valence-electron chi connectivity index (χ1n) is 3.85. The standard InChI is InChI=1S/C8H12N2O2S/c1-8(2,3)5-4-13-6(9-5)10-7(11)12/h4H,1-3H3,(H,9,10)(H,11,12). The Morgan fingerprint density at radius 2 is 2.23 bits per heavy atom. The van der Waals surface area contributed by atoms with Crippen LogP contribution in [0.3, 0.4) is 0 Å². The molecule has 0 saturated heterocycles. The lowest BCUT2D eigenvalue weighted by Crippen LogP contribution is -2.12. The summed E-state index contributed by atoms with van der Waals surface area (Å²) in [5.74, 6) is 0. The van der Waals surface area contributed by atoms with E-state index in [-0.39, 0.29) is 5.41 Å². The predicted octanol–water partition coefficient (Wildman–Crippen LogP) is 2.53. The molecule has 0 saturated carbocycles. The van der Waals surface area contributed by atoms with Crippen molar-refractivity contribution in [3.8, 4) is 0 Å². The minimum absolute atomic E-state index is 0.0328. The fourth-order valence-corrected chi connectivity index (χ4v) is 1.69. The van der Waals surface area contributed by atoms with Crippen molar-refractivity contribution in [2.45, 2.75) is 26.2 Å². The zero-order valence-electron chi connectivity index (χ0n) is 7.79. The number of rotatable bonds is 1. The molecular formula is C8H12N2O2S. The van der Waals surface area contributed by atoms with E-state index in [1.54, 1.807) is 0 Å². The molecule has 0 atom stereocenters. The van der Waals surface area contributed by atoms with Crippen LogP contribution in [0.2, 0.25) is 0 Å². The number of nitrogens with zero attached hydrogens (tertiary/aromatic N) is 1. The molecule has 0 fully saturated rings. The highest BCUT2D eigenvalue weighted by Gasteiger charge is 2.17. The Bertz CT molecular complexity index is 314. The van der Waals surface area contributed by atoms with Gasteiger partial charge in [0.05, 0.1) is 5.69 Å². The lowest BCUT2D eigenvalue weighted by Gasteiger charge is -2.13. The molecule has 0 radical (unpaired) electrons. The maximum Gasteiger partial charge on any atom is 0.410 e. The van der Waals surface area contributed by atoms with E-state index in [0.717, 1.165) is 5.69 Å². The van der Waals surface area contributed by atoms with Gasteiger partial charge in [0.25, 0.3) is 0 Å². The molecule has 0 unspecified atom stereocenters. The Hall–Kier alpha value is -1.10. The minimum atomic E-state index is -1.07. The van der Waals surface area contributed by atoms with Gasteiger partial charge in [-0.05, 0) is 0 Å². The smallest absolute Gasteiger partial charge is 0.410 e. The van der Waals surface area contributed by atoms with Crippen LogP contribution < -0.4 is 5.32 Å². The Morgan fingerprint density at radius 3 is 2.62 bits per heavy atom. The molecular weight excluding hydrogens is 188 g/mol. The number of thiazole rings is 1. The number of carboxylic acid groups (broad SMARTS) is 1. The van der Waals surface area contributed by atoms with Gasteiger partial charge in [-0.2, -0.15) is 0 Å². The average molecular weight is 200 g/mol. The van der Waals surface area contributed by atoms with Gasteiger partial charge < -0.3 is 5.11 Å². The zero-order chi connectivity index (χ0) is 10.1. The quantitative estimate of drug-likeness (QED) is 0.732. The van der Waals surface area contributed by atoms with Crippen molar-refractivity contribution in [3.63, 3.8) is 0 Å². The van der Waals surface area contributed by atoms with E-state index in [2.05, 4.69) is 10.3 Å². The topological polar surface area (TPSA) is 62.2 Å². The molecule has 0 aliphatic heterocycles. The first-order chi connectivity index (χ1) is 5.89. The van der Waals surface area contributed by atoms with Crippen molar-refractivity contribution in [1.82, 2.24) is 4.98 Å². The molecule has 1 rings (SSSR count). The summed E-state index contributed by atoms with van der Waals surface area (Å²) in [5.41, 5.74) is 0.871. The number of anilines is 1. The summed E-state index contributed by atoms with van der Waals surface area (Å²) in [5, 5.41) is 13.0. The Labute approximate surface area is 80.6 Å². The van der Waals surface area contributed by atoms with Crippen molar-refractivity contribution in [1.29, 1.82) is 0 Å². The number of hydrogen-bond acceptors (Lipinski definition) is 3. The van der Waals surface area contributed by atoms with Crippen LogP contribution >= 0.6 is 11.3 Å². The van der Waals surface area contributed by atoms with Crippen LogP contribution in [-0.2, 0) is 5.41 Å². The van der Waals surface area contributed by atoms with E-state index in [9.17, 15) is 4.79 Å². The van der Waals surface area contributed by atoms with Crippen molar-refractivity contribution in [3.05, 3.63) is 11.1 Å². The largest absolute Gasteiger partial charge is 0.465 e. The summed E-state index contributed by atoms with van der Waals surface area (Å²) in [6, 6.07) is 0. The van der Waals surface area contributed by atoms with E-state index < -0.39 is 6.09 Å². The number of aromatic nitrogens is 1. The van der Waals surface area contributed by atoms with Gasteiger partial charge in [0, 0.05) is 10.8 Å². The van der Waals surface area contributed by atoms with Crippen LogP contribution in [0.1, 0.15) is 26.5 Å². The van der Waals surface area contributed by atoms with E-state index in [1.165, 1.54) is 11.3 Å². The first kappa shape index (κ1) is 9.98. The molecule has 4 nitrogen and oxygen atoms in total. The molecule has 0 aromatic carbocycles. The normalized spacial score (nSPS) is 11.3. The first-order valence-corrected chi connectivity index (χ1v) is 4.73. The third-order valence-corrected chi connectivity index (χ3v) is 2.24. The van der Waals surface area contributed by atoms with Gasteiger partial charge in [-0.15, -0.1) is 11.3 Å². The van der Waals surface area contributed by atoms with Crippen LogP contribution in [0.4, 0.5) is 9.93 Å². The number of amides is 1. The van der Waals surface area contributed by atoms with Crippen LogP contribution in [0.15, 0.2) is 5.38 Å². The molecule has 0 aliphatic rings. The lowest BCUT2D eigenvalue weighted by atomic mass is 9.93. The monoisotopic (exact) mass is 200 g/mol. The van der Waals surface area contributed by atoms with Crippen LogP contribution in [0.5, 0.6) is 0 Å². The Morgan fingerprint density at radius 1 is 1.62 bits per heavy atom. The van der Waals surface area contributed by atoms with Gasteiger partial charge in [-0.1, -0.05) is 20.8 Å². The number of hydrogen-bond donors (Lipinski definition) is 2. The van der Waals surface area contributed by atoms with E-state index >= 15 is 0 Å². The fourth-order valence-electron chi connectivity index (χ4n) is 0.767. The molecule has 5 heteroatoms. The summed E-state index contributed by atoms with van der Waals surface area (Å²) < 4.78 is 0. The highest BCUT2D eigenvalue weighted by Crippen LogP contribution is 2.26. The second kappa shape index (κ2) is 3.33. The van der Waals surface area contributed by atoms with Gasteiger partial charge in [0.1, 0.15) is 0 Å². The van der Waals surface area contributed by atoms with Crippen LogP contribution in [0.25, 0.3) is 0 Å². The van der Waals surface area contributed by atoms with E-state index in [1.807, 2.05) is 26.2 Å². The third-order valence-electron chi connectivity index (χ3n) is 1.49. The van der Waals surface area contributed by atoms with Crippen molar-refractivity contribution < 1.29 is 9.90 Å². The molecule has 1 amide bonds. The molecule has 1 heterocycles. The molecule has 0 spiro atoms. The highest BCUT2D eigenvalue weighted by atomic mass is 32.1. The van der Waals surface area contributed by atoms with E-state index in [4.69, 9.17) is 5.11 Å². The summed E-state index contributed by atoms with van der Waals surface area (Å²) >= 11 is 1.30. The van der Waals surface area contributed by atoms with Gasteiger partial charge >= 0.3 is 6.09 Å². The molecule has 72 valence electrons. The highest BCUT2D eigenvalue weighted by molar-refractivity contribution is 7.13. The molecule has 0 aliphatic carbocycles. The molecule has 13 heavy (non-hydrogen) atoms. The summed E-state index contributed by atoms with van der Waals surface area (Å²) in [6.45, 7) is 6.10. The maximum atomic E-state index is 10.3. The molecule has 1 aromatic rings. The van der Waals surface area contributed by atoms with Crippen LogP contribution in [-0.4, -0.2) is 16.2 Å². The van der Waals surface area contributed by atoms with Gasteiger partial charge in [0.15, 0.2) is 5.13 Å². The third kappa shape index (κ3) is 2.69. The van der Waals surface area contributed by atoms with Gasteiger partial charge in [-0.25, -0.2) is 9.78 Å². The zero-order valence-corrected chi connectivity index (χ0v) is 8.60. The second-order valence-corrected chi connectivity index (χ2v) is 4.58. The van der Waals surface area contributed by atoms with Gasteiger partial charge in [-0.3, -0.25) is 5.32 Å². The predicted molar refractivity (Wildman–Crippen MR) is 52.5 cm³/mol. The van der Waals surface area contributed by atoms with Crippen molar-refractivity contribution >= 4 is 22.6 Å². The van der Waals surface area contributed by atoms with Crippen LogP contribution in [0, 0.1) is 0 Å². The molecule has 0 bridgehead atoms. The maximum absolute atomic E-state index is 10.3. The number of carbonyl (C=O) groups is 1. The van der Waals surface area contributed by atoms with E-state index in [0.29, 0.717) is 5.13 Å². The molecule has 2 N–H and O–H groups in total. The SMILES string of the molecule is CC(C)(C)c1csc(NC(=O)O)n1. The minimum Gasteiger partial charge on any atom is -0.465 e. The summed E-state index contributed by atoms with van der Waals surface area (Å²) in [6.07, 6.45) is -1.07. The summed E-state index contributed by atoms with van der Waals surface area (Å²) in [4.78, 5) is 14.4. The van der Waals surface area contributed by atoms with Crippen molar-refractivity contribution in [2.24, 2.45) is 0 Å².